The first-order valence-electron chi connectivity index (χ1n) is 4.72. The maximum atomic E-state index is 5.51. The second-order valence-corrected chi connectivity index (χ2v) is 4.51. The fourth-order valence-electron chi connectivity index (χ4n) is 1.02. The summed E-state index contributed by atoms with van der Waals surface area (Å²) >= 11 is 3.46. The van der Waals surface area contributed by atoms with Gasteiger partial charge in [0, 0.05) is 19.3 Å². The van der Waals surface area contributed by atoms with E-state index in [1.165, 1.54) is 0 Å². The maximum Gasteiger partial charge on any atom is 0.140 e. The fraction of sp³-hybridized carbons (Fsp3) is 0.500. The molecule has 0 spiro atoms. The van der Waals surface area contributed by atoms with Crippen LogP contribution in [0.2, 0.25) is 0 Å². The van der Waals surface area contributed by atoms with Gasteiger partial charge in [-0.05, 0) is 33.5 Å². The molecule has 0 radical (unpaired) electrons. The number of aromatic nitrogens is 1. The van der Waals surface area contributed by atoms with Gasteiger partial charge in [0.05, 0.1) is 4.47 Å². The van der Waals surface area contributed by atoms with Crippen LogP contribution in [0.3, 0.4) is 0 Å². The predicted octanol–water partition coefficient (Wildman–Crippen LogP) is 2.37. The van der Waals surface area contributed by atoms with Crippen molar-refractivity contribution in [3.63, 3.8) is 0 Å². The smallest absolute Gasteiger partial charge is 0.140 e. The molecule has 0 unspecified atom stereocenters. The van der Waals surface area contributed by atoms with E-state index in [0.717, 1.165) is 22.4 Å². The van der Waals surface area contributed by atoms with Crippen molar-refractivity contribution in [2.75, 3.05) is 11.9 Å². The maximum absolute atomic E-state index is 5.51. The van der Waals surface area contributed by atoms with E-state index in [9.17, 15) is 0 Å². The molecule has 0 aliphatic rings. The van der Waals surface area contributed by atoms with Crippen LogP contribution in [0, 0.1) is 5.92 Å². The summed E-state index contributed by atoms with van der Waals surface area (Å²) in [6.45, 7) is 5.77. The summed E-state index contributed by atoms with van der Waals surface area (Å²) in [5.74, 6) is 1.49. The van der Waals surface area contributed by atoms with E-state index in [2.05, 4.69) is 40.1 Å². The minimum atomic E-state index is 0.524. The quantitative estimate of drug-likeness (QED) is 0.871. The lowest BCUT2D eigenvalue weighted by Crippen LogP contribution is -2.10. The van der Waals surface area contributed by atoms with E-state index in [-0.39, 0.29) is 0 Å². The monoisotopic (exact) mass is 257 g/mol. The van der Waals surface area contributed by atoms with Gasteiger partial charge in [0.25, 0.3) is 0 Å². The van der Waals surface area contributed by atoms with Gasteiger partial charge in [-0.25, -0.2) is 4.98 Å². The van der Waals surface area contributed by atoms with E-state index in [4.69, 9.17) is 5.73 Å². The van der Waals surface area contributed by atoms with Gasteiger partial charge in [-0.2, -0.15) is 0 Å². The molecule has 0 fully saturated rings. The number of rotatable bonds is 4. The zero-order chi connectivity index (χ0) is 10.6. The minimum absolute atomic E-state index is 0.524. The van der Waals surface area contributed by atoms with Crippen LogP contribution < -0.4 is 11.1 Å². The number of nitrogens with one attached hydrogen (secondary N) is 1. The molecular weight excluding hydrogens is 242 g/mol. The second-order valence-electron chi connectivity index (χ2n) is 3.65. The van der Waals surface area contributed by atoms with Crippen molar-refractivity contribution in [3.05, 3.63) is 22.3 Å². The Kier molecular flexibility index (Phi) is 4.35. The Morgan fingerprint density at radius 2 is 2.29 bits per heavy atom. The molecule has 1 aromatic heterocycles. The highest BCUT2D eigenvalue weighted by molar-refractivity contribution is 9.10. The first-order valence-corrected chi connectivity index (χ1v) is 5.51. The summed E-state index contributed by atoms with van der Waals surface area (Å²) in [7, 11) is 0. The van der Waals surface area contributed by atoms with E-state index >= 15 is 0 Å². The first kappa shape index (κ1) is 11.5. The summed E-state index contributed by atoms with van der Waals surface area (Å²) in [6.07, 6.45) is 1.80. The summed E-state index contributed by atoms with van der Waals surface area (Å²) in [5, 5.41) is 3.26. The molecule has 3 N–H and O–H groups in total. The molecule has 0 saturated carbocycles. The number of nitrogens with two attached hydrogens (primary N) is 1. The van der Waals surface area contributed by atoms with Gasteiger partial charge in [-0.3, -0.25) is 0 Å². The molecule has 0 aliphatic heterocycles. The zero-order valence-electron chi connectivity index (χ0n) is 8.55. The lowest BCUT2D eigenvalue weighted by Gasteiger charge is -2.10. The SMILES string of the molecule is CC(C)CNc1ncc(CN)cc1Br. The molecule has 0 aliphatic carbocycles. The van der Waals surface area contributed by atoms with Crippen LogP contribution in [-0.4, -0.2) is 11.5 Å². The van der Waals surface area contributed by atoms with E-state index < -0.39 is 0 Å². The highest BCUT2D eigenvalue weighted by Crippen LogP contribution is 2.20. The summed E-state index contributed by atoms with van der Waals surface area (Å²) in [5.41, 5.74) is 6.54. The highest BCUT2D eigenvalue weighted by atomic mass is 79.9. The molecule has 1 aromatic rings. The van der Waals surface area contributed by atoms with Crippen LogP contribution in [-0.2, 0) is 6.54 Å². The molecule has 0 amide bonds. The average Bonchev–Trinajstić information content (AvgIpc) is 2.15. The summed E-state index contributed by atoms with van der Waals surface area (Å²) in [4.78, 5) is 4.28. The molecule has 1 heterocycles. The van der Waals surface area contributed by atoms with Crippen molar-refractivity contribution in [2.45, 2.75) is 20.4 Å². The van der Waals surface area contributed by atoms with Crippen molar-refractivity contribution in [2.24, 2.45) is 11.7 Å². The molecule has 0 atom stereocenters. The number of hydrogen-bond donors (Lipinski definition) is 2. The van der Waals surface area contributed by atoms with Gasteiger partial charge < -0.3 is 11.1 Å². The third-order valence-electron chi connectivity index (χ3n) is 1.81. The molecule has 1 rings (SSSR count). The fourth-order valence-corrected chi connectivity index (χ4v) is 1.56. The number of nitrogens with zero attached hydrogens (tertiary/aromatic N) is 1. The van der Waals surface area contributed by atoms with Crippen LogP contribution in [0.4, 0.5) is 5.82 Å². The van der Waals surface area contributed by atoms with Gasteiger partial charge in [-0.15, -0.1) is 0 Å². The first-order chi connectivity index (χ1) is 6.63. The third kappa shape index (κ3) is 3.27. The van der Waals surface area contributed by atoms with Crippen molar-refractivity contribution < 1.29 is 0 Å². The largest absolute Gasteiger partial charge is 0.369 e. The molecule has 14 heavy (non-hydrogen) atoms. The predicted molar refractivity (Wildman–Crippen MR) is 63.2 cm³/mol. The number of pyridine rings is 1. The van der Waals surface area contributed by atoms with Gasteiger partial charge in [0.2, 0.25) is 0 Å². The minimum Gasteiger partial charge on any atom is -0.369 e. The Balaban J connectivity index is 2.69. The molecule has 0 aromatic carbocycles. The van der Waals surface area contributed by atoms with Gasteiger partial charge in [-0.1, -0.05) is 13.8 Å². The normalized spacial score (nSPS) is 10.6. The standard InChI is InChI=1S/C10H16BrN3/c1-7(2)5-13-10-9(11)3-8(4-12)6-14-10/h3,6-7H,4-5,12H2,1-2H3,(H,13,14). The van der Waals surface area contributed by atoms with Crippen molar-refractivity contribution in [3.8, 4) is 0 Å². The molecule has 0 saturated heterocycles. The van der Waals surface area contributed by atoms with E-state index in [0.29, 0.717) is 12.5 Å². The topological polar surface area (TPSA) is 50.9 Å². The number of halogens is 1. The van der Waals surface area contributed by atoms with Crippen molar-refractivity contribution in [1.82, 2.24) is 4.98 Å². The number of anilines is 1. The molecule has 4 heteroatoms. The number of hydrogen-bond acceptors (Lipinski definition) is 3. The Hall–Kier alpha value is -0.610. The van der Waals surface area contributed by atoms with Crippen LogP contribution >= 0.6 is 15.9 Å². The summed E-state index contributed by atoms with van der Waals surface area (Å²) < 4.78 is 0.973. The van der Waals surface area contributed by atoms with Gasteiger partial charge in [0.15, 0.2) is 0 Å². The Morgan fingerprint density at radius 3 is 2.79 bits per heavy atom. The highest BCUT2D eigenvalue weighted by Gasteiger charge is 2.02. The lowest BCUT2D eigenvalue weighted by molar-refractivity contribution is 0.686. The van der Waals surface area contributed by atoms with Crippen molar-refractivity contribution >= 4 is 21.7 Å². The Morgan fingerprint density at radius 1 is 1.57 bits per heavy atom. The molecule has 0 bridgehead atoms. The zero-order valence-corrected chi connectivity index (χ0v) is 10.1. The summed E-state index contributed by atoms with van der Waals surface area (Å²) in [6, 6.07) is 2.00. The van der Waals surface area contributed by atoms with Gasteiger partial charge in [0.1, 0.15) is 5.82 Å². The van der Waals surface area contributed by atoms with Crippen LogP contribution in [0.25, 0.3) is 0 Å². The third-order valence-corrected chi connectivity index (χ3v) is 2.42. The Labute approximate surface area is 93.2 Å². The van der Waals surface area contributed by atoms with Gasteiger partial charge >= 0.3 is 0 Å². The van der Waals surface area contributed by atoms with Crippen LogP contribution in [0.5, 0.6) is 0 Å². The van der Waals surface area contributed by atoms with Crippen molar-refractivity contribution in [1.29, 1.82) is 0 Å². The lowest BCUT2D eigenvalue weighted by atomic mass is 10.2. The van der Waals surface area contributed by atoms with E-state index in [1.807, 2.05) is 6.07 Å². The second kappa shape index (κ2) is 5.32. The average molecular weight is 258 g/mol. The molecular formula is C10H16BrN3. The van der Waals surface area contributed by atoms with Crippen LogP contribution in [0.15, 0.2) is 16.7 Å². The van der Waals surface area contributed by atoms with E-state index in [1.54, 1.807) is 6.20 Å². The Bertz CT molecular complexity index is 299. The molecule has 3 nitrogen and oxygen atoms in total. The van der Waals surface area contributed by atoms with Crippen LogP contribution in [0.1, 0.15) is 19.4 Å². The molecule has 78 valence electrons.